The lowest BCUT2D eigenvalue weighted by molar-refractivity contribution is -0.137. The van der Waals surface area contributed by atoms with Gasteiger partial charge in [0.25, 0.3) is 5.91 Å². The van der Waals surface area contributed by atoms with Gasteiger partial charge in [0.2, 0.25) is 0 Å². The zero-order valence-corrected chi connectivity index (χ0v) is 20.9. The van der Waals surface area contributed by atoms with E-state index in [4.69, 9.17) is 4.74 Å². The zero-order valence-electron chi connectivity index (χ0n) is 20.9. The SMILES string of the molecule is O=C(NC1CC1)[C@H]1OC(n2cnc3c(NCCc4cn(CC5CC5)c5ccccc45)ncnc32)[C@H](O)[C@@H]1O. The highest BCUT2D eigenvalue weighted by Gasteiger charge is 2.48. The predicted octanol–water partition coefficient (Wildman–Crippen LogP) is 1.74. The molecular formula is C27H31N7O4. The van der Waals surface area contributed by atoms with Gasteiger partial charge in [-0.15, -0.1) is 0 Å². The first-order chi connectivity index (χ1) is 18.6. The Bertz CT molecular complexity index is 1490. The number of carbonyl (C=O) groups excluding carboxylic acids is 1. The molecule has 3 aliphatic rings. The zero-order chi connectivity index (χ0) is 25.8. The number of rotatable bonds is 9. The molecule has 38 heavy (non-hydrogen) atoms. The molecular weight excluding hydrogens is 486 g/mol. The molecule has 11 heteroatoms. The van der Waals surface area contributed by atoms with Gasteiger partial charge in [0.15, 0.2) is 29.3 Å². The van der Waals surface area contributed by atoms with E-state index in [0.29, 0.717) is 23.5 Å². The molecule has 1 unspecified atom stereocenters. The lowest BCUT2D eigenvalue weighted by atomic mass is 10.1. The van der Waals surface area contributed by atoms with Crippen LogP contribution in [0.15, 0.2) is 43.1 Å². The first-order valence-electron chi connectivity index (χ1n) is 13.4. The van der Waals surface area contributed by atoms with Gasteiger partial charge in [-0.1, -0.05) is 18.2 Å². The van der Waals surface area contributed by atoms with Crippen molar-refractivity contribution in [2.75, 3.05) is 11.9 Å². The van der Waals surface area contributed by atoms with Crippen LogP contribution in [0.25, 0.3) is 22.1 Å². The van der Waals surface area contributed by atoms with Crippen LogP contribution in [0.3, 0.4) is 0 Å². The van der Waals surface area contributed by atoms with Crippen LogP contribution in [0.5, 0.6) is 0 Å². The van der Waals surface area contributed by atoms with Crippen molar-refractivity contribution in [3.63, 3.8) is 0 Å². The maximum Gasteiger partial charge on any atom is 0.252 e. The summed E-state index contributed by atoms with van der Waals surface area (Å²) in [6, 6.07) is 8.66. The Labute approximate surface area is 218 Å². The van der Waals surface area contributed by atoms with E-state index < -0.39 is 30.4 Å². The minimum Gasteiger partial charge on any atom is -0.387 e. The van der Waals surface area contributed by atoms with Crippen LogP contribution in [0.4, 0.5) is 5.82 Å². The molecule has 3 aromatic heterocycles. The van der Waals surface area contributed by atoms with E-state index in [1.165, 1.54) is 42.0 Å². The largest absolute Gasteiger partial charge is 0.387 e. The average Bonchev–Trinajstić information content (AvgIpc) is 3.83. The number of amides is 1. The Hall–Kier alpha value is -3.54. The number of carbonyl (C=O) groups is 1. The van der Waals surface area contributed by atoms with Crippen molar-refractivity contribution < 1.29 is 19.7 Å². The molecule has 1 saturated heterocycles. The molecule has 2 saturated carbocycles. The number of aliphatic hydroxyl groups is 2. The van der Waals surface area contributed by atoms with Crippen molar-refractivity contribution in [2.24, 2.45) is 5.92 Å². The fourth-order valence-electron chi connectivity index (χ4n) is 5.35. The normalized spacial score (nSPS) is 25.3. The molecule has 0 spiro atoms. The van der Waals surface area contributed by atoms with E-state index in [1.54, 1.807) is 4.57 Å². The monoisotopic (exact) mass is 517 g/mol. The Morgan fingerprint density at radius 1 is 1.08 bits per heavy atom. The first-order valence-corrected chi connectivity index (χ1v) is 13.4. The molecule has 7 rings (SSSR count). The first kappa shape index (κ1) is 23.6. The third kappa shape index (κ3) is 4.30. The number of aliphatic hydroxyl groups excluding tert-OH is 2. The quantitative estimate of drug-likeness (QED) is 0.263. The molecule has 4 N–H and O–H groups in total. The number of benzene rings is 1. The molecule has 0 radical (unpaired) electrons. The minimum atomic E-state index is -1.35. The van der Waals surface area contributed by atoms with Crippen LogP contribution >= 0.6 is 0 Å². The number of fused-ring (bicyclic) bond motifs is 2. The fraction of sp³-hybridized carbons (Fsp3) is 0.481. The molecule has 1 aromatic carbocycles. The van der Waals surface area contributed by atoms with E-state index in [2.05, 4.69) is 60.6 Å². The van der Waals surface area contributed by atoms with Gasteiger partial charge in [0, 0.05) is 36.2 Å². The molecule has 3 fully saturated rings. The van der Waals surface area contributed by atoms with Crippen molar-refractivity contribution in [1.82, 2.24) is 29.4 Å². The van der Waals surface area contributed by atoms with Crippen molar-refractivity contribution >= 4 is 33.8 Å². The van der Waals surface area contributed by atoms with Crippen molar-refractivity contribution in [3.8, 4) is 0 Å². The van der Waals surface area contributed by atoms with Gasteiger partial charge in [-0.3, -0.25) is 9.36 Å². The molecule has 4 atom stereocenters. The minimum absolute atomic E-state index is 0.125. The summed E-state index contributed by atoms with van der Waals surface area (Å²) in [7, 11) is 0. The van der Waals surface area contributed by atoms with Crippen LogP contribution < -0.4 is 10.6 Å². The van der Waals surface area contributed by atoms with Gasteiger partial charge in [-0.2, -0.15) is 0 Å². The van der Waals surface area contributed by atoms with Gasteiger partial charge in [-0.05, 0) is 49.7 Å². The van der Waals surface area contributed by atoms with Crippen LogP contribution in [0, 0.1) is 5.92 Å². The van der Waals surface area contributed by atoms with E-state index in [-0.39, 0.29) is 6.04 Å². The lowest BCUT2D eigenvalue weighted by Gasteiger charge is -2.16. The summed E-state index contributed by atoms with van der Waals surface area (Å²) >= 11 is 0. The molecule has 11 nitrogen and oxygen atoms in total. The highest BCUT2D eigenvalue weighted by Crippen LogP contribution is 2.34. The second kappa shape index (κ2) is 9.33. The van der Waals surface area contributed by atoms with Crippen molar-refractivity contribution in [3.05, 3.63) is 48.7 Å². The summed E-state index contributed by atoms with van der Waals surface area (Å²) in [6.07, 6.45) is 5.68. The van der Waals surface area contributed by atoms with Crippen LogP contribution in [0.2, 0.25) is 0 Å². The van der Waals surface area contributed by atoms with Crippen LogP contribution in [-0.4, -0.2) is 71.1 Å². The number of aromatic nitrogens is 5. The molecule has 4 heterocycles. The summed E-state index contributed by atoms with van der Waals surface area (Å²) < 4.78 is 9.74. The fourth-order valence-corrected chi connectivity index (χ4v) is 5.35. The molecule has 198 valence electrons. The highest BCUT2D eigenvalue weighted by atomic mass is 16.6. The number of hydrogen-bond donors (Lipinski definition) is 4. The Balaban J connectivity index is 1.07. The second-order valence-electron chi connectivity index (χ2n) is 10.7. The lowest BCUT2D eigenvalue weighted by Crippen LogP contribution is -2.43. The topological polar surface area (TPSA) is 139 Å². The summed E-state index contributed by atoms with van der Waals surface area (Å²) in [5.41, 5.74) is 3.54. The van der Waals surface area contributed by atoms with Crippen molar-refractivity contribution in [1.29, 1.82) is 0 Å². The van der Waals surface area contributed by atoms with E-state index in [0.717, 1.165) is 31.7 Å². The molecule has 0 bridgehead atoms. The van der Waals surface area contributed by atoms with Gasteiger partial charge in [0.05, 0.1) is 6.33 Å². The highest BCUT2D eigenvalue weighted by molar-refractivity contribution is 5.85. The van der Waals surface area contributed by atoms with E-state index in [1.807, 2.05) is 0 Å². The Morgan fingerprint density at radius 3 is 2.74 bits per heavy atom. The molecule has 2 aliphatic carbocycles. The maximum atomic E-state index is 12.5. The number of nitrogens with zero attached hydrogens (tertiary/aromatic N) is 5. The number of imidazole rings is 1. The number of nitrogens with one attached hydrogen (secondary N) is 2. The third-order valence-corrected chi connectivity index (χ3v) is 7.76. The van der Waals surface area contributed by atoms with Crippen LogP contribution in [0.1, 0.15) is 37.5 Å². The van der Waals surface area contributed by atoms with Gasteiger partial charge in [0.1, 0.15) is 18.5 Å². The van der Waals surface area contributed by atoms with E-state index >= 15 is 0 Å². The summed E-state index contributed by atoms with van der Waals surface area (Å²) in [5.74, 6) is 0.959. The molecule has 1 amide bonds. The molecule has 1 aliphatic heterocycles. The Morgan fingerprint density at radius 2 is 1.92 bits per heavy atom. The predicted molar refractivity (Wildman–Crippen MR) is 139 cm³/mol. The number of para-hydroxylation sites is 1. The summed E-state index contributed by atoms with van der Waals surface area (Å²) in [5, 5.41) is 28.7. The number of hydrogen-bond acceptors (Lipinski definition) is 8. The summed E-state index contributed by atoms with van der Waals surface area (Å²) in [6.45, 7) is 1.73. The Kier molecular flexibility index (Phi) is 5.79. The standard InChI is InChI=1S/C27H31N7O4/c35-21-22(36)27(38-23(21)26(37)32-17-7-8-17)34-14-31-20-24(29-13-30-25(20)34)28-10-9-16-12-33(11-15-5-6-15)19-4-2-1-3-18(16)19/h1-4,12-15,17,21-23,27,35-36H,5-11H2,(H,32,37)(H,28,29,30)/t21-,22+,23-,27?/m0/s1. The van der Waals surface area contributed by atoms with Crippen molar-refractivity contribution in [2.45, 2.75) is 69.2 Å². The van der Waals surface area contributed by atoms with Gasteiger partial charge in [-0.25, -0.2) is 15.0 Å². The number of anilines is 1. The van der Waals surface area contributed by atoms with Crippen LogP contribution in [-0.2, 0) is 22.5 Å². The summed E-state index contributed by atoms with van der Waals surface area (Å²) in [4.78, 5) is 25.7. The van der Waals surface area contributed by atoms with E-state index in [9.17, 15) is 15.0 Å². The molecule has 4 aromatic rings. The smallest absolute Gasteiger partial charge is 0.252 e. The van der Waals surface area contributed by atoms with Gasteiger partial charge < -0.3 is 30.2 Å². The second-order valence-corrected chi connectivity index (χ2v) is 10.7. The number of ether oxygens (including phenoxy) is 1. The maximum absolute atomic E-state index is 12.5. The third-order valence-electron chi connectivity index (χ3n) is 7.76. The average molecular weight is 518 g/mol. The van der Waals surface area contributed by atoms with Gasteiger partial charge >= 0.3 is 0 Å².